The van der Waals surface area contributed by atoms with Gasteiger partial charge >= 0.3 is 0 Å². The van der Waals surface area contributed by atoms with Crippen LogP contribution in [0.25, 0.3) is 0 Å². The van der Waals surface area contributed by atoms with Gasteiger partial charge in [0.25, 0.3) is 0 Å². The van der Waals surface area contributed by atoms with Crippen LogP contribution < -0.4 is 15.4 Å². The van der Waals surface area contributed by atoms with E-state index in [1.54, 1.807) is 0 Å². The molecule has 3 rings (SSSR count). The Labute approximate surface area is 142 Å². The molecule has 2 atom stereocenters. The van der Waals surface area contributed by atoms with Crippen molar-refractivity contribution in [3.8, 4) is 5.75 Å². The van der Waals surface area contributed by atoms with Crippen molar-refractivity contribution in [1.29, 1.82) is 0 Å². The zero-order valence-electron chi connectivity index (χ0n) is 14.3. The molecule has 1 aliphatic rings. The first-order chi connectivity index (χ1) is 11.6. The largest absolute Gasteiger partial charge is 0.490 e. The van der Waals surface area contributed by atoms with Gasteiger partial charge in [0.2, 0.25) is 0 Å². The number of benzene rings is 1. The molecule has 6 nitrogen and oxygen atoms in total. The van der Waals surface area contributed by atoms with Crippen molar-refractivity contribution in [2.24, 2.45) is 5.92 Å². The van der Waals surface area contributed by atoms with Gasteiger partial charge in [0.1, 0.15) is 24.3 Å². The summed E-state index contributed by atoms with van der Waals surface area (Å²) in [6.45, 7) is 7.52. The fourth-order valence-corrected chi connectivity index (χ4v) is 3.04. The van der Waals surface area contributed by atoms with Crippen LogP contribution in [0.2, 0.25) is 0 Å². The molecule has 0 aliphatic carbocycles. The number of rotatable bonds is 7. The minimum Gasteiger partial charge on any atom is -0.490 e. The van der Waals surface area contributed by atoms with Crippen molar-refractivity contribution in [1.82, 2.24) is 15.1 Å². The smallest absolute Gasteiger partial charge is 0.125 e. The molecule has 1 aromatic carbocycles. The summed E-state index contributed by atoms with van der Waals surface area (Å²) in [6.07, 6.45) is 1.29. The molecule has 0 saturated heterocycles. The first-order valence-corrected chi connectivity index (χ1v) is 8.47. The highest BCUT2D eigenvalue weighted by Gasteiger charge is 2.18. The number of anilines is 1. The van der Waals surface area contributed by atoms with Gasteiger partial charge in [0, 0.05) is 38.2 Å². The molecule has 3 N–H and O–H groups in total. The molecule has 1 aliphatic heterocycles. The predicted octanol–water partition coefficient (Wildman–Crippen LogP) is 1.57. The van der Waals surface area contributed by atoms with Gasteiger partial charge in [-0.15, -0.1) is 0 Å². The maximum Gasteiger partial charge on any atom is 0.125 e. The van der Waals surface area contributed by atoms with Crippen LogP contribution >= 0.6 is 0 Å². The van der Waals surface area contributed by atoms with Gasteiger partial charge < -0.3 is 20.5 Å². The van der Waals surface area contributed by atoms with Gasteiger partial charge in [-0.05, 0) is 25.0 Å². The lowest BCUT2D eigenvalue weighted by Crippen LogP contribution is -2.39. The number of fused-ring (bicyclic) bond motifs is 1. The number of hydrogen-bond acceptors (Lipinski definition) is 5. The first-order valence-electron chi connectivity index (χ1n) is 8.47. The predicted molar refractivity (Wildman–Crippen MR) is 94.5 cm³/mol. The summed E-state index contributed by atoms with van der Waals surface area (Å²) in [5.74, 6) is 2.41. The average molecular weight is 330 g/mol. The van der Waals surface area contributed by atoms with E-state index in [1.807, 2.05) is 49.0 Å². The summed E-state index contributed by atoms with van der Waals surface area (Å²) in [5, 5.41) is 21.1. The second-order valence-electron chi connectivity index (χ2n) is 6.49. The van der Waals surface area contributed by atoms with E-state index in [9.17, 15) is 5.11 Å². The molecule has 6 heteroatoms. The van der Waals surface area contributed by atoms with Crippen LogP contribution in [0.1, 0.15) is 11.1 Å². The minimum absolute atomic E-state index is 0.297. The molecule has 0 bridgehead atoms. The van der Waals surface area contributed by atoms with Crippen molar-refractivity contribution < 1.29 is 9.84 Å². The number of nitrogens with zero attached hydrogens (tertiary/aromatic N) is 2. The van der Waals surface area contributed by atoms with E-state index in [1.165, 1.54) is 0 Å². The van der Waals surface area contributed by atoms with Crippen LogP contribution in [0.5, 0.6) is 5.75 Å². The van der Waals surface area contributed by atoms with E-state index in [0.717, 1.165) is 42.3 Å². The maximum atomic E-state index is 10.1. The number of ether oxygens (including phenoxy) is 1. The summed E-state index contributed by atoms with van der Waals surface area (Å²) < 4.78 is 7.77. The van der Waals surface area contributed by atoms with Crippen molar-refractivity contribution >= 4 is 5.82 Å². The van der Waals surface area contributed by atoms with Crippen LogP contribution in [-0.4, -0.2) is 47.2 Å². The van der Waals surface area contributed by atoms with Gasteiger partial charge in [-0.2, -0.15) is 5.10 Å². The van der Waals surface area contributed by atoms with Crippen LogP contribution in [0.15, 0.2) is 30.5 Å². The third-order valence-corrected chi connectivity index (χ3v) is 4.36. The lowest BCUT2D eigenvalue weighted by Gasteiger charge is -2.25. The van der Waals surface area contributed by atoms with Gasteiger partial charge in [0.05, 0.1) is 6.20 Å². The number of aromatic nitrogens is 2. The molecule has 2 unspecified atom stereocenters. The molecule has 2 heterocycles. The second-order valence-corrected chi connectivity index (χ2v) is 6.49. The number of aryl methyl sites for hydroxylation is 2. The molecule has 0 saturated carbocycles. The molecule has 0 fully saturated rings. The zero-order chi connectivity index (χ0) is 16.9. The van der Waals surface area contributed by atoms with Gasteiger partial charge in [0.15, 0.2) is 0 Å². The number of aliphatic hydroxyl groups is 1. The van der Waals surface area contributed by atoms with E-state index in [0.29, 0.717) is 19.1 Å². The average Bonchev–Trinajstić information content (AvgIpc) is 3.02. The van der Waals surface area contributed by atoms with Crippen LogP contribution in [-0.2, 0) is 6.54 Å². The molecule has 0 amide bonds. The molecule has 2 aromatic rings. The standard InChI is InChI=1S/C18H26N4O2/c1-13-4-3-5-14(2)18(13)24-12-16(23)10-19-8-15-9-20-17-6-7-21-22(17)11-15/h3-7,15-16,19-20,23H,8-12H2,1-2H3. The van der Waals surface area contributed by atoms with Gasteiger partial charge in [-0.3, -0.25) is 0 Å². The van der Waals surface area contributed by atoms with Crippen LogP contribution in [0, 0.1) is 19.8 Å². The SMILES string of the molecule is Cc1cccc(C)c1OCC(O)CNCC1CNc2ccnn2C1. The molecule has 0 radical (unpaired) electrons. The number of aliphatic hydroxyl groups excluding tert-OH is 1. The summed E-state index contributed by atoms with van der Waals surface area (Å²) in [6, 6.07) is 8.04. The Hall–Kier alpha value is -2.05. The van der Waals surface area contributed by atoms with E-state index in [2.05, 4.69) is 15.7 Å². The first kappa shape index (κ1) is 16.8. The molecular weight excluding hydrogens is 304 g/mol. The Morgan fingerprint density at radius 1 is 1.38 bits per heavy atom. The normalized spacial score (nSPS) is 17.9. The summed E-state index contributed by atoms with van der Waals surface area (Å²) >= 11 is 0. The van der Waals surface area contributed by atoms with E-state index in [4.69, 9.17) is 4.74 Å². The van der Waals surface area contributed by atoms with E-state index < -0.39 is 6.10 Å². The Morgan fingerprint density at radius 2 is 2.17 bits per heavy atom. The molecule has 0 spiro atoms. The monoisotopic (exact) mass is 330 g/mol. The van der Waals surface area contributed by atoms with Crippen molar-refractivity contribution in [3.63, 3.8) is 0 Å². The van der Waals surface area contributed by atoms with Gasteiger partial charge in [-0.1, -0.05) is 18.2 Å². The number of para-hydroxylation sites is 1. The molecule has 1 aromatic heterocycles. The second kappa shape index (κ2) is 7.68. The fourth-order valence-electron chi connectivity index (χ4n) is 3.04. The number of hydrogen-bond donors (Lipinski definition) is 3. The quantitative estimate of drug-likeness (QED) is 0.719. The zero-order valence-corrected chi connectivity index (χ0v) is 14.3. The highest BCUT2D eigenvalue weighted by molar-refractivity contribution is 5.39. The highest BCUT2D eigenvalue weighted by Crippen LogP contribution is 2.22. The van der Waals surface area contributed by atoms with Gasteiger partial charge in [-0.25, -0.2) is 4.68 Å². The number of nitrogens with one attached hydrogen (secondary N) is 2. The highest BCUT2D eigenvalue weighted by atomic mass is 16.5. The molecule has 130 valence electrons. The fraction of sp³-hybridized carbons (Fsp3) is 0.500. The summed E-state index contributed by atoms with van der Waals surface area (Å²) in [4.78, 5) is 0. The Balaban J connectivity index is 1.38. The Kier molecular flexibility index (Phi) is 5.37. The van der Waals surface area contributed by atoms with E-state index in [-0.39, 0.29) is 0 Å². The molecule has 24 heavy (non-hydrogen) atoms. The van der Waals surface area contributed by atoms with E-state index >= 15 is 0 Å². The summed E-state index contributed by atoms with van der Waals surface area (Å²) in [7, 11) is 0. The third-order valence-electron chi connectivity index (χ3n) is 4.36. The lowest BCUT2D eigenvalue weighted by molar-refractivity contribution is 0.104. The van der Waals surface area contributed by atoms with Crippen LogP contribution in [0.4, 0.5) is 5.82 Å². The van der Waals surface area contributed by atoms with Crippen molar-refractivity contribution in [2.45, 2.75) is 26.5 Å². The van der Waals surface area contributed by atoms with Crippen LogP contribution in [0.3, 0.4) is 0 Å². The van der Waals surface area contributed by atoms with Crippen molar-refractivity contribution in [2.75, 3.05) is 31.6 Å². The third kappa shape index (κ3) is 4.07. The Morgan fingerprint density at radius 3 is 2.96 bits per heavy atom. The summed E-state index contributed by atoms with van der Waals surface area (Å²) in [5.41, 5.74) is 2.19. The maximum absolute atomic E-state index is 10.1. The molecular formula is C18H26N4O2. The minimum atomic E-state index is -0.527. The Bertz CT molecular complexity index is 651. The lowest BCUT2D eigenvalue weighted by atomic mass is 10.1. The van der Waals surface area contributed by atoms with Crippen molar-refractivity contribution in [3.05, 3.63) is 41.6 Å². The topological polar surface area (TPSA) is 71.3 Å².